The molecule has 2 unspecified atom stereocenters. The number of nitrogens with zero attached hydrogens (tertiary/aromatic N) is 1. The van der Waals surface area contributed by atoms with E-state index in [4.69, 9.17) is 5.11 Å². The highest BCUT2D eigenvalue weighted by Gasteiger charge is 2.29. The van der Waals surface area contributed by atoms with Crippen molar-refractivity contribution in [1.82, 2.24) is 4.31 Å². The Morgan fingerprint density at radius 2 is 1.79 bits per heavy atom. The molecule has 0 saturated heterocycles. The van der Waals surface area contributed by atoms with Gasteiger partial charge in [-0.3, -0.25) is 0 Å². The highest BCUT2D eigenvalue weighted by atomic mass is 32.2. The minimum Gasteiger partial charge on any atom is -0.395 e. The van der Waals surface area contributed by atoms with Crippen LogP contribution < -0.4 is 0 Å². The number of sulfonamides is 1. The summed E-state index contributed by atoms with van der Waals surface area (Å²) in [5, 5.41) is 8.15. The predicted molar refractivity (Wildman–Crippen MR) is 57.6 cm³/mol. The summed E-state index contributed by atoms with van der Waals surface area (Å²) in [6, 6.07) is -0.000926. The second-order valence-electron chi connectivity index (χ2n) is 3.50. The van der Waals surface area contributed by atoms with Crippen LogP contribution in [0.3, 0.4) is 0 Å². The Morgan fingerprint density at radius 3 is 2.07 bits per heavy atom. The highest BCUT2D eigenvalue weighted by molar-refractivity contribution is 7.89. The third-order valence-corrected chi connectivity index (χ3v) is 4.92. The summed E-state index contributed by atoms with van der Waals surface area (Å²) >= 11 is 0. The van der Waals surface area contributed by atoms with Crippen molar-refractivity contribution in [2.75, 3.05) is 13.2 Å². The molecule has 0 aromatic heterocycles. The average Bonchev–Trinajstić information content (AvgIpc) is 2.16. The van der Waals surface area contributed by atoms with E-state index in [1.807, 2.05) is 20.8 Å². The standard InChI is InChI=1S/C9H21NO3S/c1-5-8(3)10(6-2)14(12,13)9(4)7-11/h8-9,11H,5-7H2,1-4H3. The number of hydrogen-bond acceptors (Lipinski definition) is 3. The van der Waals surface area contributed by atoms with Crippen LogP contribution in [0.1, 0.15) is 34.1 Å². The Morgan fingerprint density at radius 1 is 1.29 bits per heavy atom. The Balaban J connectivity index is 4.84. The van der Waals surface area contributed by atoms with E-state index in [0.717, 1.165) is 6.42 Å². The molecule has 2 atom stereocenters. The summed E-state index contributed by atoms with van der Waals surface area (Å²) in [6.07, 6.45) is 0.783. The molecule has 0 bridgehead atoms. The van der Waals surface area contributed by atoms with Crippen LogP contribution >= 0.6 is 0 Å². The Kier molecular flexibility index (Phi) is 5.63. The van der Waals surface area contributed by atoms with E-state index in [0.29, 0.717) is 6.54 Å². The van der Waals surface area contributed by atoms with Crippen molar-refractivity contribution in [2.24, 2.45) is 0 Å². The van der Waals surface area contributed by atoms with Crippen molar-refractivity contribution in [3.63, 3.8) is 0 Å². The van der Waals surface area contributed by atoms with E-state index in [-0.39, 0.29) is 12.6 Å². The van der Waals surface area contributed by atoms with Crippen LogP contribution in [0.15, 0.2) is 0 Å². The molecule has 0 aliphatic heterocycles. The van der Waals surface area contributed by atoms with Gasteiger partial charge in [-0.1, -0.05) is 13.8 Å². The van der Waals surface area contributed by atoms with Crippen LogP contribution in [0.5, 0.6) is 0 Å². The van der Waals surface area contributed by atoms with Gasteiger partial charge in [-0.2, -0.15) is 4.31 Å². The fraction of sp³-hybridized carbons (Fsp3) is 1.00. The van der Waals surface area contributed by atoms with Crippen molar-refractivity contribution in [2.45, 2.75) is 45.4 Å². The van der Waals surface area contributed by atoms with Gasteiger partial charge in [-0.05, 0) is 20.3 Å². The number of rotatable bonds is 6. The zero-order chi connectivity index (χ0) is 11.4. The van der Waals surface area contributed by atoms with Crippen LogP contribution in [-0.2, 0) is 10.0 Å². The molecule has 0 saturated carbocycles. The number of aliphatic hydroxyl groups excluding tert-OH is 1. The van der Waals surface area contributed by atoms with E-state index >= 15 is 0 Å². The molecule has 0 aliphatic carbocycles. The maximum atomic E-state index is 11.9. The molecule has 0 amide bonds. The minimum absolute atomic E-state index is 0.000926. The van der Waals surface area contributed by atoms with Gasteiger partial charge in [0, 0.05) is 12.6 Å². The van der Waals surface area contributed by atoms with Gasteiger partial charge in [0.2, 0.25) is 10.0 Å². The molecule has 0 fully saturated rings. The Hall–Kier alpha value is -0.130. The lowest BCUT2D eigenvalue weighted by Gasteiger charge is -2.28. The predicted octanol–water partition coefficient (Wildman–Crippen LogP) is 0.817. The average molecular weight is 223 g/mol. The fourth-order valence-electron chi connectivity index (χ4n) is 1.27. The van der Waals surface area contributed by atoms with Gasteiger partial charge in [0.25, 0.3) is 0 Å². The van der Waals surface area contributed by atoms with E-state index in [2.05, 4.69) is 0 Å². The van der Waals surface area contributed by atoms with Crippen LogP contribution in [-0.4, -0.2) is 42.3 Å². The van der Waals surface area contributed by atoms with Crippen LogP contribution in [0.4, 0.5) is 0 Å². The topological polar surface area (TPSA) is 57.6 Å². The van der Waals surface area contributed by atoms with E-state index in [1.165, 1.54) is 11.2 Å². The molecule has 0 spiro atoms. The van der Waals surface area contributed by atoms with Crippen molar-refractivity contribution in [1.29, 1.82) is 0 Å². The second-order valence-corrected chi connectivity index (χ2v) is 5.80. The van der Waals surface area contributed by atoms with Crippen LogP contribution in [0.25, 0.3) is 0 Å². The fourth-order valence-corrected chi connectivity index (χ4v) is 2.93. The molecule has 86 valence electrons. The normalized spacial score (nSPS) is 17.0. The van der Waals surface area contributed by atoms with Gasteiger partial charge in [-0.25, -0.2) is 8.42 Å². The van der Waals surface area contributed by atoms with Gasteiger partial charge in [-0.15, -0.1) is 0 Å². The van der Waals surface area contributed by atoms with E-state index < -0.39 is 15.3 Å². The minimum atomic E-state index is -3.33. The molecule has 4 nitrogen and oxygen atoms in total. The third-order valence-electron chi connectivity index (χ3n) is 2.49. The maximum Gasteiger partial charge on any atom is 0.219 e. The first-order valence-electron chi connectivity index (χ1n) is 5.03. The first kappa shape index (κ1) is 13.9. The number of aliphatic hydroxyl groups is 1. The van der Waals surface area contributed by atoms with Crippen molar-refractivity contribution in [3.8, 4) is 0 Å². The van der Waals surface area contributed by atoms with Gasteiger partial charge in [0.15, 0.2) is 0 Å². The van der Waals surface area contributed by atoms with Crippen LogP contribution in [0, 0.1) is 0 Å². The van der Waals surface area contributed by atoms with E-state index in [1.54, 1.807) is 0 Å². The molecular weight excluding hydrogens is 202 g/mol. The lowest BCUT2D eigenvalue weighted by Crippen LogP contribution is -2.43. The summed E-state index contributed by atoms with van der Waals surface area (Å²) in [4.78, 5) is 0. The van der Waals surface area contributed by atoms with Gasteiger partial charge < -0.3 is 5.11 Å². The second kappa shape index (κ2) is 5.68. The zero-order valence-corrected chi connectivity index (χ0v) is 10.2. The lowest BCUT2D eigenvalue weighted by molar-refractivity contribution is 0.281. The third kappa shape index (κ3) is 2.93. The molecule has 0 radical (unpaired) electrons. The zero-order valence-electron chi connectivity index (χ0n) is 9.40. The molecular formula is C9H21NO3S. The molecule has 0 aliphatic rings. The first-order chi connectivity index (χ1) is 6.41. The summed E-state index contributed by atoms with van der Waals surface area (Å²) in [7, 11) is -3.33. The molecule has 5 heteroatoms. The summed E-state index contributed by atoms with van der Waals surface area (Å²) in [5.74, 6) is 0. The SMILES string of the molecule is CCC(C)N(CC)S(=O)(=O)C(C)CO. The summed E-state index contributed by atoms with van der Waals surface area (Å²) in [6.45, 7) is 7.31. The smallest absolute Gasteiger partial charge is 0.219 e. The Bertz CT molecular complexity index is 251. The van der Waals surface area contributed by atoms with Crippen LogP contribution in [0.2, 0.25) is 0 Å². The summed E-state index contributed by atoms with van der Waals surface area (Å²) < 4.78 is 25.2. The molecule has 0 heterocycles. The summed E-state index contributed by atoms with van der Waals surface area (Å²) in [5.41, 5.74) is 0. The molecule has 0 aromatic rings. The molecule has 0 aromatic carbocycles. The first-order valence-corrected chi connectivity index (χ1v) is 6.53. The lowest BCUT2D eigenvalue weighted by atomic mass is 10.3. The number of hydrogen-bond donors (Lipinski definition) is 1. The highest BCUT2D eigenvalue weighted by Crippen LogP contribution is 2.14. The van der Waals surface area contributed by atoms with Crippen molar-refractivity contribution in [3.05, 3.63) is 0 Å². The van der Waals surface area contributed by atoms with Gasteiger partial charge >= 0.3 is 0 Å². The van der Waals surface area contributed by atoms with Gasteiger partial charge in [0.05, 0.1) is 11.9 Å². The monoisotopic (exact) mass is 223 g/mol. The van der Waals surface area contributed by atoms with Gasteiger partial charge in [0.1, 0.15) is 0 Å². The Labute approximate surface area is 87.0 Å². The maximum absolute atomic E-state index is 11.9. The molecule has 0 rings (SSSR count). The largest absolute Gasteiger partial charge is 0.395 e. The molecule has 1 N–H and O–H groups in total. The van der Waals surface area contributed by atoms with Crippen molar-refractivity contribution >= 4 is 10.0 Å². The van der Waals surface area contributed by atoms with E-state index in [9.17, 15) is 8.42 Å². The quantitative estimate of drug-likeness (QED) is 0.725. The van der Waals surface area contributed by atoms with Crippen molar-refractivity contribution < 1.29 is 13.5 Å². The molecule has 14 heavy (non-hydrogen) atoms.